The molecule has 2 aliphatic heterocycles. The molecular formula is C23H38BrN5O4Si2. The van der Waals surface area contributed by atoms with E-state index in [4.69, 9.17) is 15.2 Å². The molecule has 0 spiro atoms. The second-order valence-electron chi connectivity index (χ2n) is 11.4. The molecule has 1 aromatic heterocycles. The van der Waals surface area contributed by atoms with E-state index in [0.29, 0.717) is 40.1 Å². The van der Waals surface area contributed by atoms with Crippen molar-refractivity contribution in [2.24, 2.45) is 10.7 Å². The predicted octanol–water partition coefficient (Wildman–Crippen LogP) is 3.73. The number of nitrogens with zero attached hydrogens (tertiary/aromatic N) is 3. The van der Waals surface area contributed by atoms with Crippen LogP contribution >= 0.6 is 15.9 Å². The van der Waals surface area contributed by atoms with Gasteiger partial charge >= 0.3 is 0 Å². The average molecular weight is 585 g/mol. The van der Waals surface area contributed by atoms with Crippen molar-refractivity contribution >= 4 is 55.4 Å². The van der Waals surface area contributed by atoms with Crippen molar-refractivity contribution in [2.75, 3.05) is 13.3 Å². The van der Waals surface area contributed by atoms with Crippen molar-refractivity contribution in [2.45, 2.75) is 77.7 Å². The number of aromatic nitrogens is 1. The summed E-state index contributed by atoms with van der Waals surface area (Å²) in [4.78, 5) is 32.0. The number of hydrogen-bond acceptors (Lipinski definition) is 6. The second-order valence-corrected chi connectivity index (χ2v) is 23.3. The third-order valence-corrected chi connectivity index (χ3v) is 12.7. The van der Waals surface area contributed by atoms with Crippen LogP contribution in [0.4, 0.5) is 0 Å². The number of ether oxygens (including phenoxy) is 2. The number of aliphatic imine (C=N–C) groups is 1. The van der Waals surface area contributed by atoms with Gasteiger partial charge < -0.3 is 30.0 Å². The summed E-state index contributed by atoms with van der Waals surface area (Å²) in [5.41, 5.74) is 8.11. The van der Waals surface area contributed by atoms with Crippen LogP contribution in [0.2, 0.25) is 39.3 Å². The highest BCUT2D eigenvalue weighted by Crippen LogP contribution is 2.35. The van der Waals surface area contributed by atoms with Crippen LogP contribution in [0.25, 0.3) is 5.57 Å². The molecule has 0 saturated heterocycles. The van der Waals surface area contributed by atoms with Crippen molar-refractivity contribution in [3.05, 3.63) is 27.6 Å². The van der Waals surface area contributed by atoms with Gasteiger partial charge in [-0.25, -0.2) is 0 Å². The number of nitrogens with two attached hydrogens (primary N) is 1. The van der Waals surface area contributed by atoms with E-state index in [9.17, 15) is 9.59 Å². The van der Waals surface area contributed by atoms with Gasteiger partial charge in [-0.15, -0.1) is 0 Å². The highest BCUT2D eigenvalue weighted by Gasteiger charge is 2.35. The van der Waals surface area contributed by atoms with Gasteiger partial charge in [0.2, 0.25) is 5.96 Å². The van der Waals surface area contributed by atoms with Gasteiger partial charge in [-0.05, 0) is 47.8 Å². The van der Waals surface area contributed by atoms with Gasteiger partial charge in [-0.3, -0.25) is 9.59 Å². The lowest BCUT2D eigenvalue weighted by atomic mass is 10.0. The number of guanidine groups is 1. The van der Waals surface area contributed by atoms with Gasteiger partial charge in [-0.1, -0.05) is 39.3 Å². The molecule has 2 atom stereocenters. The lowest BCUT2D eigenvalue weighted by Crippen LogP contribution is -2.43. The number of fused-ring (bicyclic) bond motifs is 1. The van der Waals surface area contributed by atoms with Gasteiger partial charge in [0.1, 0.15) is 24.9 Å². The molecule has 3 N–H and O–H groups in total. The summed E-state index contributed by atoms with van der Waals surface area (Å²) in [6.45, 7) is 18.4. The Morgan fingerprint density at radius 2 is 1.66 bits per heavy atom. The molecule has 0 saturated carbocycles. The third-order valence-electron chi connectivity index (χ3n) is 6.86. The average Bonchev–Trinajstić information content (AvgIpc) is 3.20. The van der Waals surface area contributed by atoms with E-state index in [-0.39, 0.29) is 36.8 Å². The largest absolute Gasteiger partial charge is 0.369 e. The Bertz CT molecular complexity index is 1070. The topological polar surface area (TPSA) is 111 Å². The summed E-state index contributed by atoms with van der Waals surface area (Å²) >= 11 is 3.62. The van der Waals surface area contributed by atoms with Crippen molar-refractivity contribution < 1.29 is 19.1 Å². The van der Waals surface area contributed by atoms with Gasteiger partial charge in [-0.2, -0.15) is 4.99 Å². The fourth-order valence-corrected chi connectivity index (χ4v) is 5.25. The van der Waals surface area contributed by atoms with Crippen LogP contribution in [0.5, 0.6) is 0 Å². The van der Waals surface area contributed by atoms with Gasteiger partial charge in [0.15, 0.2) is 0 Å². The van der Waals surface area contributed by atoms with Gasteiger partial charge in [0.25, 0.3) is 11.8 Å². The molecule has 0 aliphatic carbocycles. The first-order chi connectivity index (χ1) is 16.1. The summed E-state index contributed by atoms with van der Waals surface area (Å²) in [5.74, 6) is -0.530. The maximum atomic E-state index is 13.9. The molecular weight excluding hydrogens is 546 g/mol. The summed E-state index contributed by atoms with van der Waals surface area (Å²) in [5, 5.41) is 2.89. The molecule has 2 amide bonds. The normalized spacial score (nSPS) is 20.9. The Kier molecular flexibility index (Phi) is 8.21. The molecule has 3 heterocycles. The number of rotatable bonds is 8. The first kappa shape index (κ1) is 27.8. The van der Waals surface area contributed by atoms with Crippen LogP contribution < -0.4 is 11.1 Å². The lowest BCUT2D eigenvalue weighted by Gasteiger charge is -2.29. The van der Waals surface area contributed by atoms with Gasteiger partial charge in [0, 0.05) is 23.6 Å². The maximum absolute atomic E-state index is 13.9. The highest BCUT2D eigenvalue weighted by molar-refractivity contribution is 9.10. The zero-order valence-corrected chi connectivity index (χ0v) is 25.6. The summed E-state index contributed by atoms with van der Waals surface area (Å²) in [7, 11) is -3.07. The fourth-order valence-electron chi connectivity index (χ4n) is 3.59. The van der Waals surface area contributed by atoms with E-state index in [0.717, 1.165) is 0 Å². The first-order valence-electron chi connectivity index (χ1n) is 11.9. The Hall–Kier alpha value is -1.74. The minimum Gasteiger partial charge on any atom is -0.369 e. The fraction of sp³-hybridized carbons (Fsp3) is 0.609. The maximum Gasteiger partial charge on any atom is 0.296 e. The second kappa shape index (κ2) is 10.3. The smallest absolute Gasteiger partial charge is 0.296 e. The predicted molar refractivity (Wildman–Crippen MR) is 147 cm³/mol. The Morgan fingerprint density at radius 1 is 1.09 bits per heavy atom. The number of carbonyl (C=O) groups excluding carboxylic acids is 2. The minimum atomic E-state index is -1.54. The van der Waals surface area contributed by atoms with E-state index >= 15 is 0 Å². The minimum absolute atomic E-state index is 0.0598. The molecule has 9 nitrogen and oxygen atoms in total. The zero-order chi connectivity index (χ0) is 26.3. The molecule has 194 valence electrons. The molecule has 0 bridgehead atoms. The molecule has 2 unspecified atom stereocenters. The van der Waals surface area contributed by atoms with E-state index in [1.54, 1.807) is 4.90 Å². The number of halogens is 1. The van der Waals surface area contributed by atoms with Gasteiger partial charge in [0.05, 0.1) is 20.8 Å². The van der Waals surface area contributed by atoms with E-state index in [1.165, 1.54) is 0 Å². The van der Waals surface area contributed by atoms with E-state index in [2.05, 4.69) is 79.4 Å². The molecule has 0 aromatic carbocycles. The molecule has 0 fully saturated rings. The van der Waals surface area contributed by atoms with Crippen LogP contribution in [0.3, 0.4) is 0 Å². The number of amides is 2. The number of nitrogens with one attached hydrogen (secondary N) is 1. The van der Waals surface area contributed by atoms with Crippen molar-refractivity contribution in [3.63, 3.8) is 0 Å². The van der Waals surface area contributed by atoms with Crippen LogP contribution in [-0.2, 0) is 21.0 Å². The molecule has 2 aliphatic rings. The van der Waals surface area contributed by atoms with Crippen molar-refractivity contribution in [1.82, 2.24) is 14.8 Å². The summed E-state index contributed by atoms with van der Waals surface area (Å²) in [6.07, 6.45) is 0.461. The molecule has 1 aromatic rings. The van der Waals surface area contributed by atoms with Crippen LogP contribution in [-0.4, -0.2) is 68.1 Å². The Morgan fingerprint density at radius 3 is 2.17 bits per heavy atom. The number of hydrogen-bond donors (Lipinski definition) is 2. The molecule has 35 heavy (non-hydrogen) atoms. The van der Waals surface area contributed by atoms with Crippen LogP contribution in [0, 0.1) is 0 Å². The highest BCUT2D eigenvalue weighted by atomic mass is 79.9. The molecule has 0 radical (unpaired) electrons. The summed E-state index contributed by atoms with van der Waals surface area (Å²) < 4.78 is 14.9. The van der Waals surface area contributed by atoms with Crippen LogP contribution in [0.1, 0.15) is 36.3 Å². The van der Waals surface area contributed by atoms with Crippen molar-refractivity contribution in [3.8, 4) is 0 Å². The lowest BCUT2D eigenvalue weighted by molar-refractivity contribution is -0.114. The Labute approximate surface area is 218 Å². The SMILES string of the molecule is CC(OCN1CCC(=C2NC(N)=NC2=O)c2cc(Br)n(COC(C)[Si](C)(C)C)c2C1=O)[Si](C)(C)C. The van der Waals surface area contributed by atoms with E-state index < -0.39 is 22.1 Å². The summed E-state index contributed by atoms with van der Waals surface area (Å²) in [6, 6.07) is 1.87. The van der Waals surface area contributed by atoms with Crippen LogP contribution in [0.15, 0.2) is 21.4 Å². The third kappa shape index (κ3) is 6.16. The molecule has 3 rings (SSSR count). The van der Waals surface area contributed by atoms with Crippen molar-refractivity contribution in [1.29, 1.82) is 0 Å². The standard InChI is InChI=1S/C23H38BrN5O4Si2/c1-14(34(3,4)5)32-12-28-10-9-16(19-21(30)27-23(25)26-19)17-11-18(24)29(20(17)22(28)31)13-33-15(2)35(6,7)8/h11,14-15H,9-10,12-13H2,1-8H3,(H3,25,26,27,30). The quantitative estimate of drug-likeness (QED) is 0.356. The zero-order valence-electron chi connectivity index (χ0n) is 22.0. The molecule has 12 heteroatoms. The monoisotopic (exact) mass is 583 g/mol. The first-order valence-corrected chi connectivity index (χ1v) is 19.9. The Balaban J connectivity index is 2.02. The van der Waals surface area contributed by atoms with E-state index in [1.807, 2.05) is 10.6 Å². The number of carbonyl (C=O) groups is 2.